The van der Waals surface area contributed by atoms with E-state index in [2.05, 4.69) is 16.7 Å². The van der Waals surface area contributed by atoms with Gasteiger partial charge in [-0.3, -0.25) is 14.5 Å². The maximum absolute atomic E-state index is 14.0. The van der Waals surface area contributed by atoms with Gasteiger partial charge >= 0.3 is 0 Å². The lowest BCUT2D eigenvalue weighted by atomic mass is 9.76. The van der Waals surface area contributed by atoms with Gasteiger partial charge in [-0.2, -0.15) is 0 Å². The first kappa shape index (κ1) is 22.0. The van der Waals surface area contributed by atoms with E-state index in [1.807, 2.05) is 17.0 Å². The van der Waals surface area contributed by atoms with Gasteiger partial charge in [-0.15, -0.1) is 0 Å². The third-order valence-electron chi connectivity index (χ3n) is 7.41. The number of amides is 2. The number of hydrogen-bond donors (Lipinski definition) is 2. The Kier molecular flexibility index (Phi) is 5.91. The lowest BCUT2D eigenvalue weighted by Gasteiger charge is -2.39. The number of nitrogens with zero attached hydrogens (tertiary/aromatic N) is 1. The van der Waals surface area contributed by atoms with Crippen LogP contribution in [0, 0.1) is 11.6 Å². The van der Waals surface area contributed by atoms with Crippen LogP contribution in [0.4, 0.5) is 14.5 Å². The molecule has 7 heteroatoms. The highest BCUT2D eigenvalue weighted by molar-refractivity contribution is 5.93. The van der Waals surface area contributed by atoms with Crippen LogP contribution in [-0.2, 0) is 22.4 Å². The molecule has 2 amide bonds. The molecule has 0 aromatic heterocycles. The van der Waals surface area contributed by atoms with Crippen molar-refractivity contribution in [1.82, 2.24) is 10.2 Å². The minimum atomic E-state index is -0.894. The van der Waals surface area contributed by atoms with Crippen LogP contribution in [0.1, 0.15) is 54.7 Å². The molecule has 0 saturated carbocycles. The molecule has 1 aliphatic carbocycles. The Morgan fingerprint density at radius 1 is 1.09 bits per heavy atom. The zero-order chi connectivity index (χ0) is 23.0. The van der Waals surface area contributed by atoms with Crippen molar-refractivity contribution in [2.24, 2.45) is 0 Å². The van der Waals surface area contributed by atoms with Gasteiger partial charge < -0.3 is 10.6 Å². The van der Waals surface area contributed by atoms with E-state index in [4.69, 9.17) is 0 Å². The summed E-state index contributed by atoms with van der Waals surface area (Å²) in [6.07, 6.45) is 6.27. The van der Waals surface area contributed by atoms with Crippen molar-refractivity contribution in [3.63, 3.8) is 0 Å². The first-order valence-electron chi connectivity index (χ1n) is 11.8. The van der Waals surface area contributed by atoms with Crippen molar-refractivity contribution in [2.75, 3.05) is 25.0 Å². The lowest BCUT2D eigenvalue weighted by molar-refractivity contribution is -0.125. The number of hydrogen-bond acceptors (Lipinski definition) is 3. The SMILES string of the molecule is O=C(CN1C[C@@H](c2ccc(F)c(F)c2)[C@@]2(CCCC(=O)N2)C1)Nc1cccc2c1CCCC2. The number of benzene rings is 2. The number of carbonyl (C=O) groups is 2. The van der Waals surface area contributed by atoms with Gasteiger partial charge in [-0.1, -0.05) is 18.2 Å². The fourth-order valence-corrected chi connectivity index (χ4v) is 5.92. The van der Waals surface area contributed by atoms with Crippen molar-refractivity contribution in [3.05, 3.63) is 64.7 Å². The van der Waals surface area contributed by atoms with Crippen LogP contribution in [0.3, 0.4) is 0 Å². The maximum atomic E-state index is 14.0. The summed E-state index contributed by atoms with van der Waals surface area (Å²) < 4.78 is 27.6. The molecule has 1 spiro atoms. The predicted octanol–water partition coefficient (Wildman–Crippen LogP) is 3.92. The van der Waals surface area contributed by atoms with Crippen molar-refractivity contribution in [2.45, 2.75) is 56.4 Å². The molecule has 5 rings (SSSR count). The van der Waals surface area contributed by atoms with Crippen molar-refractivity contribution in [3.8, 4) is 0 Å². The summed E-state index contributed by atoms with van der Waals surface area (Å²) in [5.41, 5.74) is 3.49. The molecule has 2 aromatic rings. The standard InChI is InChI=1S/C26H29F2N3O2/c27-21-11-10-18(13-22(21)28)20-14-31(16-26(20)12-4-9-24(32)30-26)15-25(33)29-23-8-3-6-17-5-1-2-7-19(17)23/h3,6,8,10-11,13,20H,1-2,4-5,7,9,12,14-16H2,(H,29,33)(H,30,32)/t20-,26+/m0/s1. The van der Waals surface area contributed by atoms with Crippen LogP contribution < -0.4 is 10.6 Å². The predicted molar refractivity (Wildman–Crippen MR) is 122 cm³/mol. The number of carbonyl (C=O) groups excluding carboxylic acids is 2. The Hall–Kier alpha value is -2.80. The third kappa shape index (κ3) is 4.38. The molecule has 5 nitrogen and oxygen atoms in total. The Morgan fingerprint density at radius 2 is 1.94 bits per heavy atom. The van der Waals surface area contributed by atoms with Crippen LogP contribution in [0.2, 0.25) is 0 Å². The fourth-order valence-electron chi connectivity index (χ4n) is 5.92. The second-order valence-electron chi connectivity index (χ2n) is 9.65. The summed E-state index contributed by atoms with van der Waals surface area (Å²) in [6, 6.07) is 10.0. The van der Waals surface area contributed by atoms with Gasteiger partial charge in [-0.25, -0.2) is 8.78 Å². The molecule has 3 aliphatic rings. The monoisotopic (exact) mass is 453 g/mol. The Labute approximate surface area is 192 Å². The molecule has 0 bridgehead atoms. The Bertz CT molecular complexity index is 1090. The molecule has 2 saturated heterocycles. The van der Waals surface area contributed by atoms with Crippen LogP contribution in [0.25, 0.3) is 0 Å². The Morgan fingerprint density at radius 3 is 2.76 bits per heavy atom. The van der Waals surface area contributed by atoms with Gasteiger partial charge in [0.25, 0.3) is 0 Å². The highest BCUT2D eigenvalue weighted by Crippen LogP contribution is 2.41. The highest BCUT2D eigenvalue weighted by Gasteiger charge is 2.49. The number of halogens is 2. The number of anilines is 1. The van der Waals surface area contributed by atoms with E-state index in [0.717, 1.165) is 43.9 Å². The normalized spacial score (nSPS) is 25.0. The molecule has 2 aromatic carbocycles. The van der Waals surface area contributed by atoms with Gasteiger partial charge in [0.05, 0.1) is 12.1 Å². The van der Waals surface area contributed by atoms with Crippen LogP contribution >= 0.6 is 0 Å². The summed E-state index contributed by atoms with van der Waals surface area (Å²) in [6.45, 7) is 1.18. The number of aryl methyl sites for hydroxylation is 1. The van der Waals surface area contributed by atoms with Crippen LogP contribution in [0.5, 0.6) is 0 Å². The maximum Gasteiger partial charge on any atom is 0.238 e. The van der Waals surface area contributed by atoms with Gasteiger partial charge in [0.2, 0.25) is 11.8 Å². The minimum absolute atomic E-state index is 0.0314. The summed E-state index contributed by atoms with van der Waals surface area (Å²) >= 11 is 0. The molecule has 174 valence electrons. The largest absolute Gasteiger partial charge is 0.349 e. The summed E-state index contributed by atoms with van der Waals surface area (Å²) in [4.78, 5) is 27.3. The molecule has 2 aliphatic heterocycles. The fraction of sp³-hybridized carbons (Fsp3) is 0.462. The van der Waals surface area contributed by atoms with E-state index in [9.17, 15) is 18.4 Å². The van der Waals surface area contributed by atoms with Crippen LogP contribution in [-0.4, -0.2) is 41.9 Å². The smallest absolute Gasteiger partial charge is 0.238 e. The molecular formula is C26H29F2N3O2. The van der Waals surface area contributed by atoms with Gasteiger partial charge in [0, 0.05) is 31.1 Å². The number of nitrogens with one attached hydrogen (secondary N) is 2. The second-order valence-corrected chi connectivity index (χ2v) is 9.65. The van der Waals surface area contributed by atoms with Crippen molar-refractivity contribution >= 4 is 17.5 Å². The summed E-state index contributed by atoms with van der Waals surface area (Å²) in [7, 11) is 0. The lowest BCUT2D eigenvalue weighted by Crippen LogP contribution is -2.56. The summed E-state index contributed by atoms with van der Waals surface area (Å²) in [5, 5.41) is 6.23. The molecular weight excluding hydrogens is 424 g/mol. The van der Waals surface area contributed by atoms with Crippen molar-refractivity contribution in [1.29, 1.82) is 0 Å². The zero-order valence-electron chi connectivity index (χ0n) is 18.6. The minimum Gasteiger partial charge on any atom is -0.349 e. The number of likely N-dealkylation sites (tertiary alicyclic amines) is 1. The van der Waals surface area contributed by atoms with Gasteiger partial charge in [-0.05, 0) is 73.4 Å². The van der Waals surface area contributed by atoms with Crippen molar-refractivity contribution < 1.29 is 18.4 Å². The molecule has 2 heterocycles. The van der Waals surface area contributed by atoms with E-state index in [1.54, 1.807) is 6.07 Å². The summed E-state index contributed by atoms with van der Waals surface area (Å²) in [5.74, 6) is -2.13. The molecule has 33 heavy (non-hydrogen) atoms. The van der Waals surface area contributed by atoms with E-state index in [-0.39, 0.29) is 24.3 Å². The number of rotatable bonds is 4. The van der Waals surface area contributed by atoms with Gasteiger partial charge in [0.15, 0.2) is 11.6 Å². The average molecular weight is 454 g/mol. The molecule has 0 radical (unpaired) electrons. The van der Waals surface area contributed by atoms with E-state index in [0.29, 0.717) is 25.1 Å². The molecule has 2 fully saturated rings. The quantitative estimate of drug-likeness (QED) is 0.738. The third-order valence-corrected chi connectivity index (χ3v) is 7.41. The molecule has 2 atom stereocenters. The van der Waals surface area contributed by atoms with Gasteiger partial charge in [0.1, 0.15) is 0 Å². The molecule has 2 N–H and O–H groups in total. The number of fused-ring (bicyclic) bond motifs is 1. The first-order valence-corrected chi connectivity index (χ1v) is 11.8. The average Bonchev–Trinajstić information content (AvgIpc) is 3.12. The Balaban J connectivity index is 1.34. The zero-order valence-corrected chi connectivity index (χ0v) is 18.6. The topological polar surface area (TPSA) is 61.4 Å². The van der Waals surface area contributed by atoms with E-state index in [1.165, 1.54) is 23.6 Å². The first-order chi connectivity index (χ1) is 15.9. The molecule has 0 unspecified atom stereocenters. The van der Waals surface area contributed by atoms with E-state index < -0.39 is 17.2 Å². The highest BCUT2D eigenvalue weighted by atomic mass is 19.2. The number of piperidine rings is 1. The second kappa shape index (κ2) is 8.86. The van der Waals surface area contributed by atoms with Crippen LogP contribution in [0.15, 0.2) is 36.4 Å². The van der Waals surface area contributed by atoms with E-state index >= 15 is 0 Å².